The molecule has 0 spiro atoms. The Labute approximate surface area is 108 Å². The highest BCUT2D eigenvalue weighted by molar-refractivity contribution is 6.83. The van der Waals surface area contributed by atoms with Gasteiger partial charge in [0.05, 0.1) is 8.07 Å². The Kier molecular flexibility index (Phi) is 5.19. The van der Waals surface area contributed by atoms with E-state index in [9.17, 15) is 0 Å². The lowest BCUT2D eigenvalue weighted by molar-refractivity contribution is 0.655. The number of unbranched alkanes of at least 4 members (excludes halogenated alkanes) is 1. The lowest BCUT2D eigenvalue weighted by Crippen LogP contribution is -2.27. The minimum atomic E-state index is -1.25. The van der Waals surface area contributed by atoms with Gasteiger partial charge in [0.1, 0.15) is 0 Å². The molecule has 1 aromatic carbocycles. The first-order chi connectivity index (χ1) is 7.96. The molecule has 0 nitrogen and oxygen atoms in total. The Balaban J connectivity index is 2.92. The zero-order chi connectivity index (χ0) is 12.9. The Bertz CT molecular complexity index is 346. The van der Waals surface area contributed by atoms with Crippen molar-refractivity contribution in [3.63, 3.8) is 0 Å². The van der Waals surface area contributed by atoms with Crippen molar-refractivity contribution in [2.75, 3.05) is 0 Å². The van der Waals surface area contributed by atoms with Crippen LogP contribution in [0.5, 0.6) is 0 Å². The number of allylic oxidation sites excluding steroid dienone is 1. The second-order valence-electron chi connectivity index (χ2n) is 5.88. The van der Waals surface area contributed by atoms with Crippen LogP contribution in [0.2, 0.25) is 19.6 Å². The molecule has 0 aromatic heterocycles. The van der Waals surface area contributed by atoms with Gasteiger partial charge in [0.25, 0.3) is 0 Å². The quantitative estimate of drug-likeness (QED) is 0.590. The Hall–Kier alpha value is -0.823. The van der Waals surface area contributed by atoms with Crippen LogP contribution in [0.3, 0.4) is 0 Å². The van der Waals surface area contributed by atoms with Crippen LogP contribution in [0, 0.1) is 0 Å². The highest BCUT2D eigenvalue weighted by Crippen LogP contribution is 2.33. The van der Waals surface area contributed by atoms with Gasteiger partial charge in [-0.1, -0.05) is 74.9 Å². The first-order valence-corrected chi connectivity index (χ1v) is 10.2. The second-order valence-corrected chi connectivity index (χ2v) is 11.0. The van der Waals surface area contributed by atoms with Crippen LogP contribution in [0.1, 0.15) is 37.7 Å². The fourth-order valence-electron chi connectivity index (χ4n) is 2.16. The molecule has 0 bridgehead atoms. The summed E-state index contributed by atoms with van der Waals surface area (Å²) in [5.74, 6) is 0.572. The highest BCUT2D eigenvalue weighted by Gasteiger charge is 2.25. The SMILES string of the molecule is C=C(C(CCCC)c1ccccc1)[Si](C)(C)C. The summed E-state index contributed by atoms with van der Waals surface area (Å²) < 4.78 is 0. The molecule has 94 valence electrons. The predicted octanol–water partition coefficient (Wildman–Crippen LogP) is 5.39. The average Bonchev–Trinajstić information content (AvgIpc) is 2.29. The molecule has 1 unspecified atom stereocenters. The van der Waals surface area contributed by atoms with Crippen LogP contribution >= 0.6 is 0 Å². The largest absolute Gasteiger partial charge is 0.103 e. The fraction of sp³-hybridized carbons (Fsp3) is 0.500. The maximum absolute atomic E-state index is 4.42. The summed E-state index contributed by atoms with van der Waals surface area (Å²) in [6.07, 6.45) is 3.81. The maximum atomic E-state index is 4.42. The molecule has 0 amide bonds. The minimum Gasteiger partial charge on any atom is -0.103 e. The van der Waals surface area contributed by atoms with Gasteiger partial charge in [-0.25, -0.2) is 0 Å². The Morgan fingerprint density at radius 3 is 2.24 bits per heavy atom. The third-order valence-electron chi connectivity index (χ3n) is 3.43. The minimum absolute atomic E-state index is 0.572. The van der Waals surface area contributed by atoms with Crippen molar-refractivity contribution in [1.82, 2.24) is 0 Å². The van der Waals surface area contributed by atoms with E-state index in [0.29, 0.717) is 5.92 Å². The topological polar surface area (TPSA) is 0 Å². The van der Waals surface area contributed by atoms with Gasteiger partial charge in [0.15, 0.2) is 0 Å². The summed E-state index contributed by atoms with van der Waals surface area (Å²) in [5.41, 5.74) is 1.45. The highest BCUT2D eigenvalue weighted by atomic mass is 28.3. The molecule has 0 saturated carbocycles. The number of hydrogen-bond donors (Lipinski definition) is 0. The molecule has 1 atom stereocenters. The van der Waals surface area contributed by atoms with Gasteiger partial charge < -0.3 is 0 Å². The van der Waals surface area contributed by atoms with Gasteiger partial charge in [0.2, 0.25) is 0 Å². The first kappa shape index (κ1) is 14.2. The molecule has 0 saturated heterocycles. The van der Waals surface area contributed by atoms with Gasteiger partial charge in [-0.15, -0.1) is 6.58 Å². The Morgan fingerprint density at radius 1 is 1.18 bits per heavy atom. The lowest BCUT2D eigenvalue weighted by Gasteiger charge is -2.28. The third kappa shape index (κ3) is 4.16. The molecule has 0 fully saturated rings. The van der Waals surface area contributed by atoms with E-state index >= 15 is 0 Å². The molecule has 0 radical (unpaired) electrons. The smallest absolute Gasteiger partial charge is 0.0724 e. The molecule has 1 heteroatoms. The van der Waals surface area contributed by atoms with Crippen molar-refractivity contribution in [3.05, 3.63) is 47.7 Å². The summed E-state index contributed by atoms with van der Waals surface area (Å²) >= 11 is 0. The van der Waals surface area contributed by atoms with Crippen LogP contribution in [-0.4, -0.2) is 8.07 Å². The standard InChI is InChI=1S/C16H26Si/c1-6-7-13-16(14(2)17(3,4)5)15-11-9-8-10-12-15/h8-12,16H,2,6-7,13H2,1,3-5H3. The van der Waals surface area contributed by atoms with Crippen LogP contribution < -0.4 is 0 Å². The van der Waals surface area contributed by atoms with Crippen LogP contribution in [0.15, 0.2) is 42.1 Å². The molecule has 1 aromatic rings. The summed E-state index contributed by atoms with van der Waals surface area (Å²) in [6, 6.07) is 10.9. The van der Waals surface area contributed by atoms with Gasteiger partial charge in [-0.2, -0.15) is 0 Å². The van der Waals surface area contributed by atoms with Crippen LogP contribution in [0.25, 0.3) is 0 Å². The second kappa shape index (κ2) is 6.20. The molecule has 17 heavy (non-hydrogen) atoms. The van der Waals surface area contributed by atoms with Gasteiger partial charge in [-0.3, -0.25) is 0 Å². The zero-order valence-corrected chi connectivity index (χ0v) is 12.8. The summed E-state index contributed by atoms with van der Waals surface area (Å²) in [7, 11) is -1.25. The Morgan fingerprint density at radius 2 is 1.76 bits per heavy atom. The molecule has 0 heterocycles. The molecule has 0 aliphatic rings. The van der Waals surface area contributed by atoms with E-state index in [1.807, 2.05) is 0 Å². The molecular weight excluding hydrogens is 220 g/mol. The fourth-order valence-corrected chi connectivity index (χ4v) is 3.51. The number of benzene rings is 1. The summed E-state index contributed by atoms with van der Waals surface area (Å²) in [6.45, 7) is 13.9. The monoisotopic (exact) mass is 246 g/mol. The maximum Gasteiger partial charge on any atom is 0.0724 e. The van der Waals surface area contributed by atoms with Crippen molar-refractivity contribution < 1.29 is 0 Å². The number of hydrogen-bond acceptors (Lipinski definition) is 0. The van der Waals surface area contributed by atoms with E-state index < -0.39 is 8.07 Å². The first-order valence-electron chi connectivity index (χ1n) is 6.71. The van der Waals surface area contributed by atoms with Crippen LogP contribution in [0.4, 0.5) is 0 Å². The van der Waals surface area contributed by atoms with E-state index in [-0.39, 0.29) is 0 Å². The van der Waals surface area contributed by atoms with Gasteiger partial charge in [-0.05, 0) is 12.0 Å². The molecule has 1 rings (SSSR count). The van der Waals surface area contributed by atoms with Gasteiger partial charge >= 0.3 is 0 Å². The molecular formula is C16H26Si. The molecule has 0 N–H and O–H groups in total. The summed E-state index contributed by atoms with van der Waals surface area (Å²) in [5, 5.41) is 1.50. The average molecular weight is 246 g/mol. The van der Waals surface area contributed by atoms with Crippen molar-refractivity contribution in [1.29, 1.82) is 0 Å². The normalized spacial score (nSPS) is 13.4. The van der Waals surface area contributed by atoms with Crippen LogP contribution in [-0.2, 0) is 0 Å². The van der Waals surface area contributed by atoms with E-state index in [2.05, 4.69) is 63.5 Å². The van der Waals surface area contributed by atoms with Crippen molar-refractivity contribution in [2.24, 2.45) is 0 Å². The van der Waals surface area contributed by atoms with Crippen molar-refractivity contribution >= 4 is 8.07 Å². The zero-order valence-electron chi connectivity index (χ0n) is 11.8. The summed E-state index contributed by atoms with van der Waals surface area (Å²) in [4.78, 5) is 0. The van der Waals surface area contributed by atoms with E-state index in [1.165, 1.54) is 30.0 Å². The lowest BCUT2D eigenvalue weighted by atomic mass is 9.93. The van der Waals surface area contributed by atoms with Crippen molar-refractivity contribution in [2.45, 2.75) is 51.7 Å². The third-order valence-corrected chi connectivity index (χ3v) is 5.71. The molecule has 0 aliphatic carbocycles. The number of rotatable bonds is 6. The van der Waals surface area contributed by atoms with E-state index in [0.717, 1.165) is 0 Å². The van der Waals surface area contributed by atoms with Crippen molar-refractivity contribution in [3.8, 4) is 0 Å². The van der Waals surface area contributed by atoms with E-state index in [1.54, 1.807) is 0 Å². The molecule has 0 aliphatic heterocycles. The van der Waals surface area contributed by atoms with E-state index in [4.69, 9.17) is 0 Å². The van der Waals surface area contributed by atoms with Gasteiger partial charge in [0, 0.05) is 5.92 Å². The predicted molar refractivity (Wildman–Crippen MR) is 81.2 cm³/mol.